The number of rotatable bonds is 5. The van der Waals surface area contributed by atoms with Gasteiger partial charge in [-0.05, 0) is 50.0 Å². The highest BCUT2D eigenvalue weighted by Gasteiger charge is 2.32. The molecule has 3 rings (SSSR count). The molecule has 0 saturated heterocycles. The minimum absolute atomic E-state index is 0.405. The Hall–Kier alpha value is -0.860. The molecular formula is C18H27NO. The van der Waals surface area contributed by atoms with Crippen LogP contribution in [0.4, 0.5) is 0 Å². The molecule has 2 aliphatic rings. The third-order valence-corrected chi connectivity index (χ3v) is 5.16. The first-order chi connectivity index (χ1) is 9.73. The third-order valence-electron chi connectivity index (χ3n) is 5.16. The van der Waals surface area contributed by atoms with Gasteiger partial charge in [-0.25, -0.2) is 0 Å². The standard InChI is InChI=1S/C18H27NO/c20-18(10-4-5-11-18)14-19-17-9-8-16(13-17)12-15-6-2-1-3-7-15/h1-3,6-7,16-17,19-20H,4-5,8-14H2. The number of benzene rings is 1. The molecule has 0 spiro atoms. The van der Waals surface area contributed by atoms with Gasteiger partial charge in [0.15, 0.2) is 0 Å². The maximum atomic E-state index is 10.4. The van der Waals surface area contributed by atoms with Crippen LogP contribution in [0, 0.1) is 5.92 Å². The zero-order valence-corrected chi connectivity index (χ0v) is 12.4. The van der Waals surface area contributed by atoms with E-state index in [1.807, 2.05) is 0 Å². The van der Waals surface area contributed by atoms with Gasteiger partial charge < -0.3 is 10.4 Å². The van der Waals surface area contributed by atoms with Crippen molar-refractivity contribution in [1.82, 2.24) is 5.32 Å². The lowest BCUT2D eigenvalue weighted by Gasteiger charge is -2.25. The van der Waals surface area contributed by atoms with Crippen LogP contribution in [-0.2, 0) is 6.42 Å². The summed E-state index contributed by atoms with van der Waals surface area (Å²) < 4.78 is 0. The van der Waals surface area contributed by atoms with E-state index in [9.17, 15) is 5.11 Å². The van der Waals surface area contributed by atoms with Crippen LogP contribution >= 0.6 is 0 Å². The van der Waals surface area contributed by atoms with Gasteiger partial charge in [-0.15, -0.1) is 0 Å². The molecule has 2 fully saturated rings. The Balaban J connectivity index is 1.43. The second kappa shape index (κ2) is 6.28. The van der Waals surface area contributed by atoms with Gasteiger partial charge in [0.2, 0.25) is 0 Å². The molecule has 0 aromatic heterocycles. The topological polar surface area (TPSA) is 32.3 Å². The first kappa shape index (κ1) is 14.1. The largest absolute Gasteiger partial charge is 0.389 e. The summed E-state index contributed by atoms with van der Waals surface area (Å²) in [4.78, 5) is 0. The van der Waals surface area contributed by atoms with Crippen molar-refractivity contribution < 1.29 is 5.11 Å². The summed E-state index contributed by atoms with van der Waals surface area (Å²) in [6.45, 7) is 0.801. The summed E-state index contributed by atoms with van der Waals surface area (Å²) in [7, 11) is 0. The van der Waals surface area contributed by atoms with Gasteiger partial charge in [0.1, 0.15) is 0 Å². The number of aliphatic hydroxyl groups is 1. The van der Waals surface area contributed by atoms with Gasteiger partial charge in [0.05, 0.1) is 5.60 Å². The Morgan fingerprint density at radius 1 is 1.10 bits per heavy atom. The van der Waals surface area contributed by atoms with Crippen molar-refractivity contribution in [3.05, 3.63) is 35.9 Å². The molecule has 1 aromatic rings. The Kier molecular flexibility index (Phi) is 4.42. The molecule has 2 atom stereocenters. The van der Waals surface area contributed by atoms with E-state index in [0.29, 0.717) is 6.04 Å². The first-order valence-corrected chi connectivity index (χ1v) is 8.23. The van der Waals surface area contributed by atoms with Crippen LogP contribution in [0.3, 0.4) is 0 Å². The zero-order valence-electron chi connectivity index (χ0n) is 12.4. The van der Waals surface area contributed by atoms with Crippen molar-refractivity contribution in [1.29, 1.82) is 0 Å². The van der Waals surface area contributed by atoms with Crippen molar-refractivity contribution in [3.8, 4) is 0 Å². The van der Waals surface area contributed by atoms with Crippen molar-refractivity contribution in [3.63, 3.8) is 0 Å². The van der Waals surface area contributed by atoms with Gasteiger partial charge in [-0.1, -0.05) is 43.2 Å². The minimum Gasteiger partial charge on any atom is -0.389 e. The minimum atomic E-state index is -0.405. The highest BCUT2D eigenvalue weighted by molar-refractivity contribution is 5.15. The lowest BCUT2D eigenvalue weighted by atomic mass is 9.97. The highest BCUT2D eigenvalue weighted by Crippen LogP contribution is 2.31. The molecule has 2 heteroatoms. The van der Waals surface area contributed by atoms with Crippen LogP contribution in [0.2, 0.25) is 0 Å². The maximum Gasteiger partial charge on any atom is 0.0771 e. The molecular weight excluding hydrogens is 246 g/mol. The Morgan fingerprint density at radius 2 is 1.85 bits per heavy atom. The molecule has 0 heterocycles. The molecule has 2 aliphatic carbocycles. The molecule has 0 amide bonds. The van der Waals surface area contributed by atoms with Gasteiger partial charge in [-0.2, -0.15) is 0 Å². The molecule has 2 nitrogen and oxygen atoms in total. The number of hydrogen-bond acceptors (Lipinski definition) is 2. The second-order valence-electron chi connectivity index (χ2n) is 6.88. The molecule has 0 aliphatic heterocycles. The van der Waals surface area contributed by atoms with Gasteiger partial charge in [0, 0.05) is 12.6 Å². The van der Waals surface area contributed by atoms with Crippen molar-refractivity contribution >= 4 is 0 Å². The van der Waals surface area contributed by atoms with Crippen molar-refractivity contribution in [2.24, 2.45) is 5.92 Å². The SMILES string of the molecule is OC1(CNC2CCC(Cc3ccccc3)C2)CCCC1. The zero-order chi connectivity index (χ0) is 13.8. The van der Waals surface area contributed by atoms with E-state index in [2.05, 4.69) is 35.6 Å². The number of hydrogen-bond donors (Lipinski definition) is 2. The normalized spacial score (nSPS) is 28.9. The van der Waals surface area contributed by atoms with Crippen LogP contribution in [0.5, 0.6) is 0 Å². The molecule has 0 bridgehead atoms. The van der Waals surface area contributed by atoms with E-state index in [1.165, 1.54) is 44.1 Å². The summed E-state index contributed by atoms with van der Waals surface area (Å²) in [5.74, 6) is 0.813. The molecule has 2 N–H and O–H groups in total. The Morgan fingerprint density at radius 3 is 2.60 bits per heavy atom. The van der Waals surface area contributed by atoms with Crippen molar-refractivity contribution in [2.75, 3.05) is 6.54 Å². The van der Waals surface area contributed by atoms with E-state index < -0.39 is 5.60 Å². The van der Waals surface area contributed by atoms with Gasteiger partial charge in [-0.3, -0.25) is 0 Å². The van der Waals surface area contributed by atoms with Crippen LogP contribution < -0.4 is 5.32 Å². The predicted octanol–water partition coefficient (Wildman–Crippen LogP) is 3.29. The van der Waals surface area contributed by atoms with Gasteiger partial charge in [0.25, 0.3) is 0 Å². The third kappa shape index (κ3) is 3.62. The van der Waals surface area contributed by atoms with Crippen LogP contribution in [0.15, 0.2) is 30.3 Å². The lowest BCUT2D eigenvalue weighted by molar-refractivity contribution is 0.0449. The van der Waals surface area contributed by atoms with E-state index in [0.717, 1.165) is 25.3 Å². The van der Waals surface area contributed by atoms with E-state index in [4.69, 9.17) is 0 Å². The van der Waals surface area contributed by atoms with E-state index in [-0.39, 0.29) is 0 Å². The van der Waals surface area contributed by atoms with Crippen LogP contribution in [0.25, 0.3) is 0 Å². The molecule has 20 heavy (non-hydrogen) atoms. The predicted molar refractivity (Wildman–Crippen MR) is 82.7 cm³/mol. The fourth-order valence-electron chi connectivity index (χ4n) is 3.94. The quantitative estimate of drug-likeness (QED) is 0.863. The highest BCUT2D eigenvalue weighted by atomic mass is 16.3. The smallest absolute Gasteiger partial charge is 0.0771 e. The Bertz CT molecular complexity index is 411. The van der Waals surface area contributed by atoms with Crippen LogP contribution in [0.1, 0.15) is 50.5 Å². The fraction of sp³-hybridized carbons (Fsp3) is 0.667. The molecule has 0 radical (unpaired) electrons. The molecule has 1 aromatic carbocycles. The van der Waals surface area contributed by atoms with Crippen LogP contribution in [-0.4, -0.2) is 23.3 Å². The van der Waals surface area contributed by atoms with E-state index in [1.54, 1.807) is 0 Å². The number of nitrogens with one attached hydrogen (secondary N) is 1. The lowest BCUT2D eigenvalue weighted by Crippen LogP contribution is -2.42. The Labute approximate surface area is 122 Å². The maximum absolute atomic E-state index is 10.4. The summed E-state index contributed by atoms with van der Waals surface area (Å²) in [5, 5.41) is 14.0. The summed E-state index contributed by atoms with van der Waals surface area (Å²) in [6.07, 6.45) is 9.44. The van der Waals surface area contributed by atoms with Crippen molar-refractivity contribution in [2.45, 2.75) is 63.0 Å². The second-order valence-corrected chi connectivity index (χ2v) is 6.88. The van der Waals surface area contributed by atoms with E-state index >= 15 is 0 Å². The molecule has 2 unspecified atom stereocenters. The fourth-order valence-corrected chi connectivity index (χ4v) is 3.94. The summed E-state index contributed by atoms with van der Waals surface area (Å²) in [5.41, 5.74) is 1.06. The summed E-state index contributed by atoms with van der Waals surface area (Å²) >= 11 is 0. The average molecular weight is 273 g/mol. The molecule has 2 saturated carbocycles. The van der Waals surface area contributed by atoms with Gasteiger partial charge >= 0.3 is 0 Å². The first-order valence-electron chi connectivity index (χ1n) is 8.23. The summed E-state index contributed by atoms with van der Waals surface area (Å²) in [6, 6.07) is 11.5. The average Bonchev–Trinajstić information content (AvgIpc) is 3.08. The monoisotopic (exact) mass is 273 g/mol. The molecule has 110 valence electrons.